The van der Waals surface area contributed by atoms with Crippen molar-refractivity contribution < 1.29 is 9.59 Å². The molecule has 2 saturated heterocycles. The summed E-state index contributed by atoms with van der Waals surface area (Å²) in [6.45, 7) is 6.34. The van der Waals surface area contributed by atoms with Crippen LogP contribution in [0.5, 0.6) is 0 Å². The minimum atomic E-state index is -0.783. The summed E-state index contributed by atoms with van der Waals surface area (Å²) in [7, 11) is 0. The van der Waals surface area contributed by atoms with E-state index in [-0.39, 0.29) is 29.4 Å². The minimum Gasteiger partial charge on any atom is -0.369 e. The number of carbonyl (C=O) groups excluding carboxylic acids is 2. The molecule has 1 aromatic heterocycles. The predicted molar refractivity (Wildman–Crippen MR) is 109 cm³/mol. The van der Waals surface area contributed by atoms with Crippen LogP contribution in [0.15, 0.2) is 10.9 Å². The Morgan fingerprint density at radius 2 is 1.93 bits per heavy atom. The van der Waals surface area contributed by atoms with Gasteiger partial charge in [0.1, 0.15) is 11.4 Å². The van der Waals surface area contributed by atoms with E-state index in [1.807, 2.05) is 9.80 Å². The van der Waals surface area contributed by atoms with E-state index >= 15 is 0 Å². The second-order valence-electron chi connectivity index (χ2n) is 9.01. The van der Waals surface area contributed by atoms with E-state index in [4.69, 9.17) is 5.73 Å². The van der Waals surface area contributed by atoms with E-state index in [2.05, 4.69) is 23.8 Å². The lowest BCUT2D eigenvalue weighted by Gasteiger charge is -2.43. The molecule has 3 fully saturated rings. The van der Waals surface area contributed by atoms with Crippen LogP contribution in [-0.2, 0) is 4.79 Å². The summed E-state index contributed by atoms with van der Waals surface area (Å²) in [6.07, 6.45) is 4.43. The number of piperidine rings is 1. The second-order valence-corrected chi connectivity index (χ2v) is 9.01. The number of anilines is 2. The average molecular weight is 402 g/mol. The Morgan fingerprint density at radius 3 is 2.48 bits per heavy atom. The highest BCUT2D eigenvalue weighted by Gasteiger charge is 2.58. The number of nitrogen functional groups attached to an aromatic ring is 1. The number of hydrogen-bond acceptors (Lipinski definition) is 6. The first-order valence-electron chi connectivity index (χ1n) is 10.6. The van der Waals surface area contributed by atoms with E-state index in [1.54, 1.807) is 0 Å². The van der Waals surface area contributed by atoms with Gasteiger partial charge in [-0.05, 0) is 37.5 Å². The van der Waals surface area contributed by atoms with Crippen LogP contribution in [0.25, 0.3) is 0 Å². The van der Waals surface area contributed by atoms with Crippen molar-refractivity contribution in [2.24, 2.45) is 11.8 Å². The monoisotopic (exact) mass is 402 g/mol. The Labute approximate surface area is 170 Å². The summed E-state index contributed by atoms with van der Waals surface area (Å²) >= 11 is 0. The van der Waals surface area contributed by atoms with Crippen molar-refractivity contribution in [2.45, 2.75) is 51.5 Å². The summed E-state index contributed by atoms with van der Waals surface area (Å²) in [4.78, 5) is 50.3. The minimum absolute atomic E-state index is 0.0481. The van der Waals surface area contributed by atoms with Crippen LogP contribution in [0, 0.1) is 11.8 Å². The predicted octanol–water partition coefficient (Wildman–Crippen LogP) is 1.41. The molecular formula is C20H30N6O3. The third-order valence-electron chi connectivity index (χ3n) is 6.50. The smallest absolute Gasteiger partial charge is 0.327 e. The summed E-state index contributed by atoms with van der Waals surface area (Å²) in [6, 6.07) is 1.28. The number of rotatable bonds is 5. The third kappa shape index (κ3) is 3.47. The molecular weight excluding hydrogens is 372 g/mol. The van der Waals surface area contributed by atoms with Crippen molar-refractivity contribution in [1.82, 2.24) is 19.8 Å². The Kier molecular flexibility index (Phi) is 5.00. The van der Waals surface area contributed by atoms with Gasteiger partial charge in [-0.1, -0.05) is 20.3 Å². The maximum atomic E-state index is 13.5. The Morgan fingerprint density at radius 1 is 1.24 bits per heavy atom. The summed E-state index contributed by atoms with van der Waals surface area (Å²) < 4.78 is 0. The highest BCUT2D eigenvalue weighted by molar-refractivity contribution is 6.07. The lowest BCUT2D eigenvalue weighted by Crippen LogP contribution is -2.57. The lowest BCUT2D eigenvalue weighted by molar-refractivity contribution is -0.135. The molecule has 29 heavy (non-hydrogen) atoms. The van der Waals surface area contributed by atoms with Gasteiger partial charge in [0.25, 0.3) is 11.5 Å². The van der Waals surface area contributed by atoms with Crippen LogP contribution in [-0.4, -0.2) is 63.4 Å². The molecule has 9 heteroatoms. The quantitative estimate of drug-likeness (QED) is 0.720. The number of nitrogens with one attached hydrogen (secondary N) is 1. The normalized spacial score (nSPS) is 22.1. The highest BCUT2D eigenvalue weighted by atomic mass is 16.2. The molecule has 4 rings (SSSR count). The number of aromatic nitrogens is 2. The molecule has 0 radical (unpaired) electrons. The molecule has 1 saturated carbocycles. The van der Waals surface area contributed by atoms with Crippen LogP contribution >= 0.6 is 0 Å². The zero-order valence-corrected chi connectivity index (χ0v) is 17.2. The highest BCUT2D eigenvalue weighted by Crippen LogP contribution is 2.40. The van der Waals surface area contributed by atoms with E-state index in [0.29, 0.717) is 50.8 Å². The molecule has 1 aliphatic carbocycles. The molecule has 2 aliphatic heterocycles. The van der Waals surface area contributed by atoms with Crippen LogP contribution in [0.3, 0.4) is 0 Å². The van der Waals surface area contributed by atoms with E-state index in [9.17, 15) is 14.4 Å². The lowest BCUT2D eigenvalue weighted by atomic mass is 9.83. The van der Waals surface area contributed by atoms with Gasteiger partial charge in [0.05, 0.1) is 0 Å². The SMILES string of the molecule is CC(C)CN1C(=O)N(CC2CCC2)C(=O)C12CCN(c1cc(=O)[nH]c(N)n1)CC2. The average Bonchev–Trinajstić information content (AvgIpc) is 2.80. The van der Waals surface area contributed by atoms with E-state index < -0.39 is 5.54 Å². The Balaban J connectivity index is 1.56. The Hall–Kier alpha value is -2.58. The standard InChI is InChI=1S/C20H30N6O3/c1-13(2)11-26-19(29)25(12-14-4-3-5-14)17(28)20(26)6-8-24(9-7-20)15-10-16(27)23-18(21)22-15/h10,13-14H,3-9,11-12H2,1-2H3,(H3,21,22,23,27). The molecule has 1 aromatic rings. The van der Waals surface area contributed by atoms with Crippen molar-refractivity contribution in [3.8, 4) is 0 Å². The first kappa shape index (κ1) is 19.7. The van der Waals surface area contributed by atoms with Crippen LogP contribution in [0.1, 0.15) is 46.0 Å². The summed E-state index contributed by atoms with van der Waals surface area (Å²) in [5.74, 6) is 1.27. The number of imide groups is 1. The molecule has 3 heterocycles. The number of amides is 3. The fourth-order valence-corrected chi connectivity index (χ4v) is 4.71. The molecule has 0 bridgehead atoms. The summed E-state index contributed by atoms with van der Waals surface area (Å²) in [5, 5.41) is 0. The van der Waals surface area contributed by atoms with Gasteiger partial charge in [-0.2, -0.15) is 4.98 Å². The molecule has 158 valence electrons. The fraction of sp³-hybridized carbons (Fsp3) is 0.700. The van der Waals surface area contributed by atoms with Crippen molar-refractivity contribution in [2.75, 3.05) is 36.8 Å². The zero-order valence-electron chi connectivity index (χ0n) is 17.2. The third-order valence-corrected chi connectivity index (χ3v) is 6.50. The van der Waals surface area contributed by atoms with Crippen molar-refractivity contribution >= 4 is 23.7 Å². The number of nitrogens with zero attached hydrogens (tertiary/aromatic N) is 4. The molecule has 0 aromatic carbocycles. The van der Waals surface area contributed by atoms with Crippen molar-refractivity contribution in [1.29, 1.82) is 0 Å². The van der Waals surface area contributed by atoms with E-state index in [0.717, 1.165) is 12.8 Å². The number of urea groups is 1. The van der Waals surface area contributed by atoms with Gasteiger partial charge >= 0.3 is 6.03 Å². The molecule has 3 aliphatic rings. The summed E-state index contributed by atoms with van der Waals surface area (Å²) in [5.41, 5.74) is 4.59. The van der Waals surface area contributed by atoms with Gasteiger partial charge in [0, 0.05) is 32.2 Å². The van der Waals surface area contributed by atoms with Crippen LogP contribution in [0.4, 0.5) is 16.6 Å². The fourth-order valence-electron chi connectivity index (χ4n) is 4.71. The molecule has 0 atom stereocenters. The van der Waals surface area contributed by atoms with Crippen molar-refractivity contribution in [3.63, 3.8) is 0 Å². The molecule has 0 unspecified atom stereocenters. The van der Waals surface area contributed by atoms with Crippen LogP contribution in [0.2, 0.25) is 0 Å². The topological polar surface area (TPSA) is 116 Å². The van der Waals surface area contributed by atoms with Gasteiger partial charge in [-0.25, -0.2) is 4.79 Å². The first-order valence-corrected chi connectivity index (χ1v) is 10.6. The first-order chi connectivity index (χ1) is 13.8. The number of aromatic amines is 1. The van der Waals surface area contributed by atoms with Gasteiger partial charge in [-0.15, -0.1) is 0 Å². The van der Waals surface area contributed by atoms with Gasteiger partial charge < -0.3 is 15.5 Å². The zero-order chi connectivity index (χ0) is 20.8. The van der Waals surface area contributed by atoms with Crippen LogP contribution < -0.4 is 16.2 Å². The molecule has 3 amide bonds. The molecule has 3 N–H and O–H groups in total. The number of nitrogens with two attached hydrogens (primary N) is 1. The number of carbonyl (C=O) groups is 2. The number of H-pyrrole nitrogens is 1. The van der Waals surface area contributed by atoms with Gasteiger partial charge in [0.2, 0.25) is 5.95 Å². The number of hydrogen-bond donors (Lipinski definition) is 2. The molecule has 1 spiro atoms. The maximum Gasteiger partial charge on any atom is 0.327 e. The molecule has 9 nitrogen and oxygen atoms in total. The largest absolute Gasteiger partial charge is 0.369 e. The second kappa shape index (κ2) is 7.35. The Bertz CT molecular complexity index is 854. The van der Waals surface area contributed by atoms with E-state index in [1.165, 1.54) is 17.4 Å². The van der Waals surface area contributed by atoms with Gasteiger partial charge in [0.15, 0.2) is 0 Å². The maximum absolute atomic E-state index is 13.5. The van der Waals surface area contributed by atoms with Crippen molar-refractivity contribution in [3.05, 3.63) is 16.4 Å². The van der Waals surface area contributed by atoms with Gasteiger partial charge in [-0.3, -0.25) is 19.5 Å².